The number of rotatable bonds is 14. The first-order valence-corrected chi connectivity index (χ1v) is 10.3. The van der Waals surface area contributed by atoms with Crippen LogP contribution >= 0.6 is 0 Å². The zero-order valence-electron chi connectivity index (χ0n) is 16.7. The first kappa shape index (κ1) is 23.1. The van der Waals surface area contributed by atoms with Crippen molar-refractivity contribution in [3.05, 3.63) is 24.0 Å². The van der Waals surface area contributed by atoms with E-state index in [1.54, 1.807) is 0 Å². The van der Waals surface area contributed by atoms with Gasteiger partial charge in [0.25, 0.3) is 0 Å². The SMILES string of the molecule is CCCCCCCC(=O)Oc1ccc(F)cc1OC(=O)CCCCCCC. The minimum atomic E-state index is -0.542. The highest BCUT2D eigenvalue weighted by Crippen LogP contribution is 2.29. The highest BCUT2D eigenvalue weighted by molar-refractivity contribution is 5.76. The van der Waals surface area contributed by atoms with E-state index in [4.69, 9.17) is 9.47 Å². The van der Waals surface area contributed by atoms with Crippen molar-refractivity contribution in [1.29, 1.82) is 0 Å². The largest absolute Gasteiger partial charge is 0.423 e. The van der Waals surface area contributed by atoms with Gasteiger partial charge >= 0.3 is 11.9 Å². The Labute approximate surface area is 162 Å². The zero-order valence-corrected chi connectivity index (χ0v) is 16.7. The van der Waals surface area contributed by atoms with E-state index in [2.05, 4.69) is 13.8 Å². The molecule has 0 radical (unpaired) electrons. The Morgan fingerprint density at radius 1 is 0.741 bits per heavy atom. The average Bonchev–Trinajstić information content (AvgIpc) is 2.63. The molecule has 4 nitrogen and oxygen atoms in total. The van der Waals surface area contributed by atoms with E-state index in [0.717, 1.165) is 70.3 Å². The topological polar surface area (TPSA) is 52.6 Å². The van der Waals surface area contributed by atoms with Crippen molar-refractivity contribution in [1.82, 2.24) is 0 Å². The molecule has 0 spiro atoms. The molecule has 0 saturated heterocycles. The van der Waals surface area contributed by atoms with Crippen LogP contribution in [-0.2, 0) is 9.59 Å². The Hall–Kier alpha value is -1.91. The quantitative estimate of drug-likeness (QED) is 0.214. The lowest BCUT2D eigenvalue weighted by Crippen LogP contribution is -2.12. The van der Waals surface area contributed by atoms with E-state index < -0.39 is 17.8 Å². The lowest BCUT2D eigenvalue weighted by Gasteiger charge is -2.11. The molecule has 0 heterocycles. The van der Waals surface area contributed by atoms with E-state index in [1.807, 2.05) is 0 Å². The molecule has 0 aliphatic rings. The van der Waals surface area contributed by atoms with Gasteiger partial charge in [-0.15, -0.1) is 0 Å². The predicted octanol–water partition coefficient (Wildman–Crippen LogP) is 6.36. The van der Waals surface area contributed by atoms with E-state index in [9.17, 15) is 14.0 Å². The van der Waals surface area contributed by atoms with E-state index in [1.165, 1.54) is 12.1 Å². The molecular weight excluding hydrogens is 347 g/mol. The summed E-state index contributed by atoms with van der Waals surface area (Å²) in [6, 6.07) is 3.60. The van der Waals surface area contributed by atoms with E-state index in [0.29, 0.717) is 6.42 Å². The van der Waals surface area contributed by atoms with Crippen LogP contribution in [0.25, 0.3) is 0 Å². The Kier molecular flexibility index (Phi) is 12.2. The van der Waals surface area contributed by atoms with Gasteiger partial charge < -0.3 is 9.47 Å². The summed E-state index contributed by atoms with van der Waals surface area (Å²) in [5, 5.41) is 0. The molecule has 0 aromatic heterocycles. The lowest BCUT2D eigenvalue weighted by atomic mass is 10.1. The third kappa shape index (κ3) is 10.7. The minimum absolute atomic E-state index is 0.0344. The van der Waals surface area contributed by atoms with Gasteiger partial charge in [-0.25, -0.2) is 4.39 Å². The van der Waals surface area contributed by atoms with Crippen molar-refractivity contribution in [2.24, 2.45) is 0 Å². The smallest absolute Gasteiger partial charge is 0.311 e. The summed E-state index contributed by atoms with van der Waals surface area (Å²) in [5.41, 5.74) is 0. The molecule has 0 saturated carbocycles. The predicted molar refractivity (Wildman–Crippen MR) is 104 cm³/mol. The van der Waals surface area contributed by atoms with Crippen LogP contribution in [0.2, 0.25) is 0 Å². The van der Waals surface area contributed by atoms with E-state index >= 15 is 0 Å². The first-order chi connectivity index (χ1) is 13.1. The van der Waals surface area contributed by atoms with Gasteiger partial charge in [-0.1, -0.05) is 65.2 Å². The number of hydrogen-bond acceptors (Lipinski definition) is 4. The van der Waals surface area contributed by atoms with Gasteiger partial charge in [-0.3, -0.25) is 9.59 Å². The van der Waals surface area contributed by atoms with Crippen LogP contribution in [0.4, 0.5) is 4.39 Å². The monoisotopic (exact) mass is 380 g/mol. The second kappa shape index (κ2) is 14.2. The maximum Gasteiger partial charge on any atom is 0.311 e. The summed E-state index contributed by atoms with van der Waals surface area (Å²) < 4.78 is 24.0. The van der Waals surface area contributed by atoms with Crippen LogP contribution in [0.15, 0.2) is 18.2 Å². The van der Waals surface area contributed by atoms with Gasteiger partial charge in [-0.05, 0) is 25.0 Å². The number of ether oxygens (including phenoxy) is 2. The third-order valence-corrected chi connectivity index (χ3v) is 4.32. The molecule has 0 fully saturated rings. The molecular formula is C22H33FO4. The Bertz CT molecular complexity index is 571. The Balaban J connectivity index is 2.49. The number of carbonyl (C=O) groups excluding carboxylic acids is 2. The summed E-state index contributed by atoms with van der Waals surface area (Å²) in [4.78, 5) is 24.0. The van der Waals surface area contributed by atoms with Gasteiger partial charge in [0.15, 0.2) is 11.5 Å². The van der Waals surface area contributed by atoms with Crippen molar-refractivity contribution in [2.75, 3.05) is 0 Å². The van der Waals surface area contributed by atoms with Gasteiger partial charge in [0.05, 0.1) is 0 Å². The molecule has 0 amide bonds. The van der Waals surface area contributed by atoms with Gasteiger partial charge in [0.2, 0.25) is 0 Å². The second-order valence-corrected chi connectivity index (χ2v) is 6.87. The number of unbranched alkanes of at least 4 members (excludes halogenated alkanes) is 8. The van der Waals surface area contributed by atoms with Crippen molar-refractivity contribution >= 4 is 11.9 Å². The van der Waals surface area contributed by atoms with Gasteiger partial charge in [0.1, 0.15) is 5.82 Å². The first-order valence-electron chi connectivity index (χ1n) is 10.3. The molecule has 152 valence electrons. The second-order valence-electron chi connectivity index (χ2n) is 6.87. The van der Waals surface area contributed by atoms with Gasteiger partial charge in [-0.2, -0.15) is 0 Å². The van der Waals surface area contributed by atoms with Crippen molar-refractivity contribution < 1.29 is 23.5 Å². The molecule has 0 bridgehead atoms. The van der Waals surface area contributed by atoms with Crippen molar-refractivity contribution in [2.45, 2.75) is 90.9 Å². The summed E-state index contributed by atoms with van der Waals surface area (Å²) >= 11 is 0. The zero-order chi connectivity index (χ0) is 19.9. The fraction of sp³-hybridized carbons (Fsp3) is 0.636. The molecule has 0 aliphatic carbocycles. The van der Waals surface area contributed by atoms with Crippen LogP contribution in [0.5, 0.6) is 11.5 Å². The third-order valence-electron chi connectivity index (χ3n) is 4.32. The minimum Gasteiger partial charge on any atom is -0.423 e. The summed E-state index contributed by atoms with van der Waals surface area (Å²) in [5.74, 6) is -1.31. The number of benzene rings is 1. The van der Waals surface area contributed by atoms with Crippen LogP contribution in [0, 0.1) is 5.82 Å². The van der Waals surface area contributed by atoms with Crippen LogP contribution in [0.1, 0.15) is 90.9 Å². The Morgan fingerprint density at radius 2 is 1.22 bits per heavy atom. The average molecular weight is 381 g/mol. The number of esters is 2. The van der Waals surface area contributed by atoms with Crippen molar-refractivity contribution in [3.63, 3.8) is 0 Å². The molecule has 0 atom stereocenters. The molecule has 0 unspecified atom stereocenters. The Morgan fingerprint density at radius 3 is 1.74 bits per heavy atom. The molecule has 1 aromatic carbocycles. The number of hydrogen-bond donors (Lipinski definition) is 0. The maximum atomic E-state index is 13.5. The molecule has 27 heavy (non-hydrogen) atoms. The normalized spacial score (nSPS) is 10.6. The van der Waals surface area contributed by atoms with Crippen LogP contribution in [0.3, 0.4) is 0 Å². The van der Waals surface area contributed by atoms with Crippen LogP contribution in [-0.4, -0.2) is 11.9 Å². The number of carbonyl (C=O) groups is 2. The maximum absolute atomic E-state index is 13.5. The summed E-state index contributed by atoms with van der Waals surface area (Å²) in [6.07, 6.45) is 10.8. The summed E-state index contributed by atoms with van der Waals surface area (Å²) in [6.45, 7) is 4.27. The standard InChI is InChI=1S/C22H33FO4/c1-3-5-7-9-11-13-21(24)26-19-16-15-18(23)17-20(19)27-22(25)14-12-10-8-6-4-2/h15-17H,3-14H2,1-2H3. The molecule has 0 N–H and O–H groups in total. The molecule has 1 rings (SSSR count). The van der Waals surface area contributed by atoms with Crippen LogP contribution < -0.4 is 9.47 Å². The molecule has 0 aliphatic heterocycles. The fourth-order valence-corrected chi connectivity index (χ4v) is 2.74. The molecule has 5 heteroatoms. The molecule has 1 aromatic rings. The van der Waals surface area contributed by atoms with E-state index in [-0.39, 0.29) is 17.9 Å². The van der Waals surface area contributed by atoms with Gasteiger partial charge in [0, 0.05) is 18.9 Å². The number of halogens is 1. The lowest BCUT2D eigenvalue weighted by molar-refractivity contribution is -0.137. The van der Waals surface area contributed by atoms with Crippen molar-refractivity contribution in [3.8, 4) is 11.5 Å². The highest BCUT2D eigenvalue weighted by atomic mass is 19.1. The fourth-order valence-electron chi connectivity index (χ4n) is 2.74. The highest BCUT2D eigenvalue weighted by Gasteiger charge is 2.15. The summed E-state index contributed by atoms with van der Waals surface area (Å²) in [7, 11) is 0.